The molecular formula is C18H21N3O2. The third kappa shape index (κ3) is 4.29. The Morgan fingerprint density at radius 3 is 2.43 bits per heavy atom. The van der Waals surface area contributed by atoms with Crippen LogP contribution < -0.4 is 10.5 Å². The van der Waals surface area contributed by atoms with E-state index in [0.29, 0.717) is 11.4 Å². The number of carbonyl (C=O) groups is 1. The highest BCUT2D eigenvalue weighted by Gasteiger charge is 2.10. The number of carbonyl (C=O) groups excluding carboxylic acids is 1. The maximum absolute atomic E-state index is 11.0. The maximum atomic E-state index is 11.0. The van der Waals surface area contributed by atoms with Gasteiger partial charge >= 0.3 is 0 Å². The molecule has 1 fully saturated rings. The monoisotopic (exact) mass is 311 g/mol. The predicted molar refractivity (Wildman–Crippen MR) is 88.4 cm³/mol. The van der Waals surface area contributed by atoms with Crippen molar-refractivity contribution >= 4 is 5.91 Å². The van der Waals surface area contributed by atoms with Crippen molar-refractivity contribution in [1.82, 2.24) is 9.88 Å². The van der Waals surface area contributed by atoms with Crippen LogP contribution in [0.5, 0.6) is 11.6 Å². The second-order valence-corrected chi connectivity index (χ2v) is 5.83. The van der Waals surface area contributed by atoms with Crippen molar-refractivity contribution in [3.8, 4) is 11.6 Å². The normalized spacial score (nSPS) is 15.3. The van der Waals surface area contributed by atoms with Crippen molar-refractivity contribution in [2.24, 2.45) is 5.73 Å². The highest BCUT2D eigenvalue weighted by Crippen LogP contribution is 2.21. The molecule has 1 aliphatic heterocycles. The topological polar surface area (TPSA) is 68.5 Å². The van der Waals surface area contributed by atoms with Crippen molar-refractivity contribution in [2.45, 2.75) is 25.8 Å². The van der Waals surface area contributed by atoms with Crippen LogP contribution >= 0.6 is 0 Å². The summed E-state index contributed by atoms with van der Waals surface area (Å²) in [5.41, 5.74) is 6.84. The minimum atomic E-state index is -0.494. The standard InChI is InChI=1S/C18H21N3O2/c19-18(22)15-6-9-17(20-12-15)23-16-7-4-14(5-8-16)13-21-10-2-1-3-11-21/h4-9,12H,1-3,10-11,13H2,(H2,19,22). The first-order valence-electron chi connectivity index (χ1n) is 7.96. The van der Waals surface area contributed by atoms with Crippen LogP contribution in [0.1, 0.15) is 35.2 Å². The number of likely N-dealkylation sites (tertiary alicyclic amines) is 1. The van der Waals surface area contributed by atoms with Gasteiger partial charge < -0.3 is 10.5 Å². The molecular weight excluding hydrogens is 290 g/mol. The third-order valence-corrected chi connectivity index (χ3v) is 4.02. The minimum absolute atomic E-state index is 0.370. The van der Waals surface area contributed by atoms with E-state index >= 15 is 0 Å². The molecule has 0 spiro atoms. The van der Waals surface area contributed by atoms with Gasteiger partial charge in [0.25, 0.3) is 0 Å². The van der Waals surface area contributed by atoms with Crippen LogP contribution in [0.25, 0.3) is 0 Å². The molecule has 1 aromatic heterocycles. The lowest BCUT2D eigenvalue weighted by molar-refractivity contribution is 0.1000. The van der Waals surface area contributed by atoms with Crippen LogP contribution in [-0.4, -0.2) is 28.9 Å². The maximum Gasteiger partial charge on any atom is 0.250 e. The zero-order valence-corrected chi connectivity index (χ0v) is 13.1. The van der Waals surface area contributed by atoms with Crippen molar-refractivity contribution in [1.29, 1.82) is 0 Å². The molecule has 23 heavy (non-hydrogen) atoms. The fourth-order valence-electron chi connectivity index (χ4n) is 2.75. The Morgan fingerprint density at radius 2 is 1.83 bits per heavy atom. The van der Waals surface area contributed by atoms with Gasteiger partial charge in [0, 0.05) is 18.8 Å². The fraction of sp³-hybridized carbons (Fsp3) is 0.333. The average Bonchev–Trinajstić information content (AvgIpc) is 2.58. The lowest BCUT2D eigenvalue weighted by Gasteiger charge is -2.26. The van der Waals surface area contributed by atoms with Gasteiger partial charge in [-0.15, -0.1) is 0 Å². The number of amides is 1. The smallest absolute Gasteiger partial charge is 0.250 e. The molecule has 2 aromatic rings. The number of ether oxygens (including phenoxy) is 1. The number of aromatic nitrogens is 1. The summed E-state index contributed by atoms with van der Waals surface area (Å²) in [4.78, 5) is 17.6. The van der Waals surface area contributed by atoms with Crippen molar-refractivity contribution in [3.63, 3.8) is 0 Å². The predicted octanol–water partition coefficient (Wildman–Crippen LogP) is 2.96. The molecule has 0 bridgehead atoms. The Labute approximate surface area is 136 Å². The van der Waals surface area contributed by atoms with E-state index in [1.54, 1.807) is 12.1 Å². The number of rotatable bonds is 5. The molecule has 0 saturated carbocycles. The fourth-order valence-corrected chi connectivity index (χ4v) is 2.75. The molecule has 0 atom stereocenters. The van der Waals surface area contributed by atoms with Gasteiger partial charge in [-0.1, -0.05) is 18.6 Å². The molecule has 5 heteroatoms. The molecule has 1 aromatic carbocycles. The highest BCUT2D eigenvalue weighted by atomic mass is 16.5. The quantitative estimate of drug-likeness (QED) is 0.921. The summed E-state index contributed by atoms with van der Waals surface area (Å²) < 4.78 is 5.68. The summed E-state index contributed by atoms with van der Waals surface area (Å²) in [7, 11) is 0. The number of piperidine rings is 1. The highest BCUT2D eigenvalue weighted by molar-refractivity contribution is 5.92. The van der Waals surface area contributed by atoms with E-state index in [1.165, 1.54) is 44.1 Å². The van der Waals surface area contributed by atoms with Crippen molar-refractivity contribution in [3.05, 3.63) is 53.7 Å². The molecule has 1 saturated heterocycles. The van der Waals surface area contributed by atoms with Gasteiger partial charge in [-0.3, -0.25) is 9.69 Å². The minimum Gasteiger partial charge on any atom is -0.439 e. The number of primary amides is 1. The molecule has 0 aliphatic carbocycles. The molecule has 1 amide bonds. The Kier molecular flexibility index (Phi) is 4.88. The summed E-state index contributed by atoms with van der Waals surface area (Å²) in [5.74, 6) is 0.677. The molecule has 2 N–H and O–H groups in total. The number of pyridine rings is 1. The van der Waals surface area contributed by atoms with E-state index in [-0.39, 0.29) is 0 Å². The van der Waals surface area contributed by atoms with E-state index in [9.17, 15) is 4.79 Å². The number of hydrogen-bond donors (Lipinski definition) is 1. The third-order valence-electron chi connectivity index (χ3n) is 4.02. The summed E-state index contributed by atoms with van der Waals surface area (Å²) in [6.07, 6.45) is 5.37. The number of nitrogens with zero attached hydrogens (tertiary/aromatic N) is 2. The molecule has 1 aliphatic rings. The molecule has 0 unspecified atom stereocenters. The van der Waals surface area contributed by atoms with E-state index in [1.807, 2.05) is 12.1 Å². The Hall–Kier alpha value is -2.40. The molecule has 5 nitrogen and oxygen atoms in total. The molecule has 0 radical (unpaired) electrons. The first-order chi connectivity index (χ1) is 11.2. The van der Waals surface area contributed by atoms with Crippen LogP contribution in [0, 0.1) is 0 Å². The van der Waals surface area contributed by atoms with Crippen LogP contribution in [0.2, 0.25) is 0 Å². The van der Waals surface area contributed by atoms with Crippen LogP contribution in [0.4, 0.5) is 0 Å². The van der Waals surface area contributed by atoms with E-state index in [0.717, 1.165) is 12.3 Å². The number of hydrogen-bond acceptors (Lipinski definition) is 4. The second kappa shape index (κ2) is 7.24. The van der Waals surface area contributed by atoms with E-state index < -0.39 is 5.91 Å². The van der Waals surface area contributed by atoms with E-state index in [2.05, 4.69) is 22.0 Å². The number of benzene rings is 1. The molecule has 120 valence electrons. The molecule has 3 rings (SSSR count). The first kappa shape index (κ1) is 15.5. The van der Waals surface area contributed by atoms with Crippen molar-refractivity contribution < 1.29 is 9.53 Å². The second-order valence-electron chi connectivity index (χ2n) is 5.83. The zero-order chi connectivity index (χ0) is 16.1. The Balaban J connectivity index is 1.59. The lowest BCUT2D eigenvalue weighted by atomic mass is 10.1. The largest absolute Gasteiger partial charge is 0.439 e. The van der Waals surface area contributed by atoms with Gasteiger partial charge in [-0.25, -0.2) is 4.98 Å². The Bertz CT molecular complexity index is 647. The van der Waals surface area contributed by atoms with Crippen molar-refractivity contribution in [2.75, 3.05) is 13.1 Å². The number of nitrogens with two attached hydrogens (primary N) is 1. The first-order valence-corrected chi connectivity index (χ1v) is 7.96. The lowest BCUT2D eigenvalue weighted by Crippen LogP contribution is -2.28. The van der Waals surface area contributed by atoms with Gasteiger partial charge in [0.1, 0.15) is 5.75 Å². The summed E-state index contributed by atoms with van der Waals surface area (Å²) >= 11 is 0. The van der Waals surface area contributed by atoms with Crippen LogP contribution in [0.3, 0.4) is 0 Å². The molecule has 2 heterocycles. The van der Waals surface area contributed by atoms with Crippen LogP contribution in [0.15, 0.2) is 42.6 Å². The van der Waals surface area contributed by atoms with Gasteiger partial charge in [0.05, 0.1) is 5.56 Å². The summed E-state index contributed by atoms with van der Waals surface area (Å²) in [5, 5.41) is 0. The average molecular weight is 311 g/mol. The van der Waals surface area contributed by atoms with Gasteiger partial charge in [0.2, 0.25) is 11.8 Å². The van der Waals surface area contributed by atoms with Gasteiger partial charge in [-0.05, 0) is 49.7 Å². The summed E-state index contributed by atoms with van der Waals surface area (Å²) in [6.45, 7) is 3.37. The van der Waals surface area contributed by atoms with Gasteiger partial charge in [0.15, 0.2) is 0 Å². The SMILES string of the molecule is NC(=O)c1ccc(Oc2ccc(CN3CCCCC3)cc2)nc1. The van der Waals surface area contributed by atoms with E-state index in [4.69, 9.17) is 10.5 Å². The van der Waals surface area contributed by atoms with Gasteiger partial charge in [-0.2, -0.15) is 0 Å². The zero-order valence-electron chi connectivity index (χ0n) is 13.1. The van der Waals surface area contributed by atoms with Crippen LogP contribution in [-0.2, 0) is 6.54 Å². The summed E-state index contributed by atoms with van der Waals surface area (Å²) in [6, 6.07) is 11.3. The Morgan fingerprint density at radius 1 is 1.09 bits per heavy atom.